The van der Waals surface area contributed by atoms with Crippen molar-refractivity contribution in [1.29, 1.82) is 0 Å². The minimum atomic E-state index is -4.32. The number of halogens is 3. The quantitative estimate of drug-likeness (QED) is 0.687. The normalized spacial score (nSPS) is 13.3. The SMILES string of the molecule is CC(C)C(CCNC(=O)CCC(F)(F)F)CCC(=O)O. The number of rotatable bonds is 9. The topological polar surface area (TPSA) is 66.4 Å². The molecular formula is C13H22F3NO3. The first-order chi connectivity index (χ1) is 9.11. The molecule has 0 saturated heterocycles. The van der Waals surface area contributed by atoms with Gasteiger partial charge in [-0.1, -0.05) is 13.8 Å². The molecule has 0 aliphatic heterocycles. The third kappa shape index (κ3) is 10.6. The Balaban J connectivity index is 3.93. The van der Waals surface area contributed by atoms with Gasteiger partial charge in [0.15, 0.2) is 0 Å². The third-order valence-corrected chi connectivity index (χ3v) is 3.14. The van der Waals surface area contributed by atoms with Crippen LogP contribution in [0.2, 0.25) is 0 Å². The van der Waals surface area contributed by atoms with E-state index < -0.39 is 30.9 Å². The molecule has 0 saturated carbocycles. The van der Waals surface area contributed by atoms with Crippen LogP contribution >= 0.6 is 0 Å². The summed E-state index contributed by atoms with van der Waals surface area (Å²) in [5.41, 5.74) is 0. The van der Waals surface area contributed by atoms with Crippen LogP contribution in [0.5, 0.6) is 0 Å². The number of carbonyl (C=O) groups is 2. The molecule has 0 bridgehead atoms. The van der Waals surface area contributed by atoms with Crippen molar-refractivity contribution >= 4 is 11.9 Å². The van der Waals surface area contributed by atoms with E-state index in [0.29, 0.717) is 12.8 Å². The molecule has 7 heteroatoms. The van der Waals surface area contributed by atoms with Crippen LogP contribution in [0.25, 0.3) is 0 Å². The van der Waals surface area contributed by atoms with Crippen molar-refractivity contribution in [3.05, 3.63) is 0 Å². The van der Waals surface area contributed by atoms with Crippen LogP contribution in [0.3, 0.4) is 0 Å². The van der Waals surface area contributed by atoms with Gasteiger partial charge in [-0.05, 0) is 24.7 Å². The van der Waals surface area contributed by atoms with E-state index in [-0.39, 0.29) is 24.8 Å². The molecule has 0 aromatic heterocycles. The smallest absolute Gasteiger partial charge is 0.389 e. The van der Waals surface area contributed by atoms with E-state index in [4.69, 9.17) is 5.11 Å². The molecule has 118 valence electrons. The van der Waals surface area contributed by atoms with Crippen molar-refractivity contribution < 1.29 is 27.9 Å². The van der Waals surface area contributed by atoms with Gasteiger partial charge in [0.25, 0.3) is 0 Å². The molecule has 0 rings (SSSR count). The molecule has 0 radical (unpaired) electrons. The van der Waals surface area contributed by atoms with Gasteiger partial charge in [-0.25, -0.2) is 0 Å². The summed E-state index contributed by atoms with van der Waals surface area (Å²) >= 11 is 0. The Kier molecular flexibility index (Phi) is 8.25. The van der Waals surface area contributed by atoms with Gasteiger partial charge in [0.1, 0.15) is 0 Å². The summed E-state index contributed by atoms with van der Waals surface area (Å²) in [6.07, 6.45) is -4.87. The van der Waals surface area contributed by atoms with Crippen molar-refractivity contribution in [2.45, 2.75) is 52.1 Å². The Morgan fingerprint density at radius 2 is 1.75 bits per heavy atom. The van der Waals surface area contributed by atoms with E-state index in [1.807, 2.05) is 13.8 Å². The molecule has 1 unspecified atom stereocenters. The molecule has 0 heterocycles. The van der Waals surface area contributed by atoms with Crippen LogP contribution in [0.15, 0.2) is 0 Å². The zero-order valence-electron chi connectivity index (χ0n) is 11.8. The van der Waals surface area contributed by atoms with Crippen LogP contribution in [0.4, 0.5) is 13.2 Å². The predicted molar refractivity (Wildman–Crippen MR) is 68.1 cm³/mol. The maximum Gasteiger partial charge on any atom is 0.389 e. The Morgan fingerprint density at radius 1 is 1.15 bits per heavy atom. The van der Waals surface area contributed by atoms with Gasteiger partial charge in [0.05, 0.1) is 6.42 Å². The molecule has 2 N–H and O–H groups in total. The molecule has 0 aromatic rings. The van der Waals surface area contributed by atoms with Gasteiger partial charge in [-0.15, -0.1) is 0 Å². The van der Waals surface area contributed by atoms with Crippen molar-refractivity contribution in [1.82, 2.24) is 5.32 Å². The Bertz CT molecular complexity index is 316. The van der Waals surface area contributed by atoms with Gasteiger partial charge in [-0.3, -0.25) is 9.59 Å². The van der Waals surface area contributed by atoms with Gasteiger partial charge in [0.2, 0.25) is 5.91 Å². The van der Waals surface area contributed by atoms with Gasteiger partial charge in [-0.2, -0.15) is 13.2 Å². The van der Waals surface area contributed by atoms with Crippen molar-refractivity contribution in [2.75, 3.05) is 6.54 Å². The number of carboxylic acids is 1. The summed E-state index contributed by atoms with van der Waals surface area (Å²) in [7, 11) is 0. The Morgan fingerprint density at radius 3 is 2.20 bits per heavy atom. The first-order valence-electron chi connectivity index (χ1n) is 6.67. The number of aliphatic carboxylic acids is 1. The second kappa shape index (κ2) is 8.81. The van der Waals surface area contributed by atoms with Crippen molar-refractivity contribution in [3.8, 4) is 0 Å². The van der Waals surface area contributed by atoms with E-state index in [1.54, 1.807) is 0 Å². The van der Waals surface area contributed by atoms with E-state index in [9.17, 15) is 22.8 Å². The lowest BCUT2D eigenvalue weighted by Gasteiger charge is -2.20. The third-order valence-electron chi connectivity index (χ3n) is 3.14. The maximum absolute atomic E-state index is 11.9. The number of nitrogens with one attached hydrogen (secondary N) is 1. The summed E-state index contributed by atoms with van der Waals surface area (Å²) in [4.78, 5) is 21.7. The fraction of sp³-hybridized carbons (Fsp3) is 0.846. The van der Waals surface area contributed by atoms with Crippen LogP contribution in [0.1, 0.15) is 46.0 Å². The highest BCUT2D eigenvalue weighted by molar-refractivity contribution is 5.75. The van der Waals surface area contributed by atoms with Crippen molar-refractivity contribution in [2.24, 2.45) is 11.8 Å². The first kappa shape index (κ1) is 18.7. The number of hydrogen-bond acceptors (Lipinski definition) is 2. The zero-order valence-corrected chi connectivity index (χ0v) is 11.8. The molecule has 0 spiro atoms. The second-order valence-corrected chi connectivity index (χ2v) is 5.19. The summed E-state index contributed by atoms with van der Waals surface area (Å²) in [6, 6.07) is 0. The van der Waals surface area contributed by atoms with Crippen molar-refractivity contribution in [3.63, 3.8) is 0 Å². The lowest BCUT2D eigenvalue weighted by Crippen LogP contribution is -2.28. The zero-order chi connectivity index (χ0) is 15.8. The molecule has 0 aliphatic rings. The van der Waals surface area contributed by atoms with Crippen LogP contribution in [-0.2, 0) is 9.59 Å². The fourth-order valence-electron chi connectivity index (χ4n) is 1.86. The van der Waals surface area contributed by atoms with Crippen LogP contribution < -0.4 is 5.32 Å². The minimum Gasteiger partial charge on any atom is -0.481 e. The largest absolute Gasteiger partial charge is 0.481 e. The predicted octanol–water partition coefficient (Wildman–Crippen LogP) is 2.97. The molecule has 20 heavy (non-hydrogen) atoms. The highest BCUT2D eigenvalue weighted by Crippen LogP contribution is 2.22. The molecular weight excluding hydrogens is 275 g/mol. The number of carboxylic acid groups (broad SMARTS) is 1. The first-order valence-corrected chi connectivity index (χ1v) is 6.67. The Hall–Kier alpha value is -1.27. The highest BCUT2D eigenvalue weighted by Gasteiger charge is 2.27. The van der Waals surface area contributed by atoms with E-state index in [2.05, 4.69) is 5.32 Å². The van der Waals surface area contributed by atoms with Crippen LogP contribution in [-0.4, -0.2) is 29.7 Å². The Labute approximate surface area is 116 Å². The number of carbonyl (C=O) groups excluding carboxylic acids is 1. The average molecular weight is 297 g/mol. The monoisotopic (exact) mass is 297 g/mol. The summed E-state index contributed by atoms with van der Waals surface area (Å²) < 4.78 is 35.7. The molecule has 1 atom stereocenters. The van der Waals surface area contributed by atoms with Crippen LogP contribution in [0, 0.1) is 11.8 Å². The molecule has 1 amide bonds. The highest BCUT2D eigenvalue weighted by atomic mass is 19.4. The summed E-state index contributed by atoms with van der Waals surface area (Å²) in [6.45, 7) is 4.19. The lowest BCUT2D eigenvalue weighted by molar-refractivity contribution is -0.144. The fourth-order valence-corrected chi connectivity index (χ4v) is 1.86. The van der Waals surface area contributed by atoms with Gasteiger partial charge in [0, 0.05) is 19.4 Å². The number of hydrogen-bond donors (Lipinski definition) is 2. The van der Waals surface area contributed by atoms with E-state index in [1.165, 1.54) is 0 Å². The average Bonchev–Trinajstić information content (AvgIpc) is 2.29. The second-order valence-electron chi connectivity index (χ2n) is 5.19. The number of alkyl halides is 3. The standard InChI is InChI=1S/C13H22F3NO3/c1-9(2)10(3-4-12(19)20)6-8-17-11(18)5-7-13(14,15)16/h9-10H,3-8H2,1-2H3,(H,17,18)(H,19,20). The maximum atomic E-state index is 11.9. The summed E-state index contributed by atoms with van der Waals surface area (Å²) in [5.74, 6) is -1.09. The lowest BCUT2D eigenvalue weighted by atomic mass is 9.88. The number of amides is 1. The molecule has 4 nitrogen and oxygen atoms in total. The molecule has 0 aliphatic carbocycles. The minimum absolute atomic E-state index is 0.0604. The van der Waals surface area contributed by atoms with Gasteiger partial charge >= 0.3 is 12.1 Å². The van der Waals surface area contributed by atoms with E-state index in [0.717, 1.165) is 0 Å². The molecule has 0 fully saturated rings. The summed E-state index contributed by atoms with van der Waals surface area (Å²) in [5, 5.41) is 11.1. The van der Waals surface area contributed by atoms with Gasteiger partial charge < -0.3 is 10.4 Å². The van der Waals surface area contributed by atoms with E-state index >= 15 is 0 Å². The molecule has 0 aromatic carbocycles.